The van der Waals surface area contributed by atoms with Gasteiger partial charge in [-0.05, 0) is 32.1 Å². The summed E-state index contributed by atoms with van der Waals surface area (Å²) in [5.41, 5.74) is 0. The first-order valence-electron chi connectivity index (χ1n) is 7.79. The fourth-order valence-electron chi connectivity index (χ4n) is 3.17. The number of piperidine rings is 1. The molecule has 1 saturated carbocycles. The summed E-state index contributed by atoms with van der Waals surface area (Å²) >= 11 is 0. The van der Waals surface area contributed by atoms with Crippen molar-refractivity contribution in [3.63, 3.8) is 0 Å². The van der Waals surface area contributed by atoms with Crippen LogP contribution in [0, 0.1) is 5.92 Å². The summed E-state index contributed by atoms with van der Waals surface area (Å²) < 4.78 is 5.93. The average molecular weight is 283 g/mol. The Morgan fingerprint density at radius 2 is 1.95 bits per heavy atom. The highest BCUT2D eigenvalue weighted by atomic mass is 16.5. The Morgan fingerprint density at radius 3 is 2.55 bits per heavy atom. The summed E-state index contributed by atoms with van der Waals surface area (Å²) in [5.74, 6) is -1.24. The third-order valence-electron chi connectivity index (χ3n) is 4.39. The summed E-state index contributed by atoms with van der Waals surface area (Å²) in [6, 6.07) is 0. The van der Waals surface area contributed by atoms with Gasteiger partial charge >= 0.3 is 5.97 Å². The van der Waals surface area contributed by atoms with E-state index < -0.39 is 18.0 Å². The van der Waals surface area contributed by atoms with Crippen molar-refractivity contribution >= 4 is 11.9 Å². The van der Waals surface area contributed by atoms with Gasteiger partial charge in [-0.2, -0.15) is 0 Å². The SMILES string of the molecule is CC[C@@H](OC1CCCC1)C(=O)N1CCC[C@@H](C(=O)O)C1. The molecule has 1 aliphatic heterocycles. The Bertz CT molecular complexity index is 352. The molecule has 0 aromatic carbocycles. The van der Waals surface area contributed by atoms with Gasteiger partial charge in [-0.15, -0.1) is 0 Å². The molecule has 0 aromatic heterocycles. The molecule has 1 aliphatic carbocycles. The minimum Gasteiger partial charge on any atom is -0.481 e. The van der Waals surface area contributed by atoms with Crippen LogP contribution in [0.1, 0.15) is 51.9 Å². The fraction of sp³-hybridized carbons (Fsp3) is 0.867. The van der Waals surface area contributed by atoms with Crippen LogP contribution in [0.3, 0.4) is 0 Å². The van der Waals surface area contributed by atoms with Crippen LogP contribution in [0.5, 0.6) is 0 Å². The summed E-state index contributed by atoms with van der Waals surface area (Å²) in [6.45, 7) is 2.95. The Labute approximate surface area is 120 Å². The second kappa shape index (κ2) is 7.07. The Kier molecular flexibility index (Phi) is 5.40. The molecule has 2 fully saturated rings. The number of likely N-dealkylation sites (tertiary alicyclic amines) is 1. The lowest BCUT2D eigenvalue weighted by atomic mass is 9.97. The number of carboxylic acid groups (broad SMARTS) is 1. The molecule has 5 nitrogen and oxygen atoms in total. The standard InChI is InChI=1S/C15H25NO4/c1-2-13(20-12-7-3-4-8-12)14(17)16-9-5-6-11(10-16)15(18)19/h11-13H,2-10H2,1H3,(H,18,19)/t11-,13-/m1/s1. The summed E-state index contributed by atoms with van der Waals surface area (Å²) in [4.78, 5) is 25.3. The zero-order valence-corrected chi connectivity index (χ0v) is 12.2. The molecule has 2 atom stereocenters. The van der Waals surface area contributed by atoms with E-state index in [4.69, 9.17) is 9.84 Å². The average Bonchev–Trinajstić information content (AvgIpc) is 2.97. The van der Waals surface area contributed by atoms with Gasteiger partial charge in [-0.1, -0.05) is 19.8 Å². The molecular weight excluding hydrogens is 258 g/mol. The summed E-state index contributed by atoms with van der Waals surface area (Å²) in [7, 11) is 0. The summed E-state index contributed by atoms with van der Waals surface area (Å²) in [6.07, 6.45) is 6.35. The predicted molar refractivity (Wildman–Crippen MR) is 74.4 cm³/mol. The minimum atomic E-state index is -0.799. The molecule has 2 aliphatic rings. The molecule has 1 N–H and O–H groups in total. The van der Waals surface area contributed by atoms with E-state index in [1.807, 2.05) is 6.92 Å². The van der Waals surface area contributed by atoms with E-state index in [0.717, 1.165) is 19.3 Å². The van der Waals surface area contributed by atoms with Gasteiger partial charge in [0.1, 0.15) is 6.10 Å². The number of hydrogen-bond acceptors (Lipinski definition) is 3. The minimum absolute atomic E-state index is 0.0228. The molecule has 1 saturated heterocycles. The van der Waals surface area contributed by atoms with Crippen LogP contribution in [-0.2, 0) is 14.3 Å². The van der Waals surface area contributed by atoms with Crippen LogP contribution >= 0.6 is 0 Å². The lowest BCUT2D eigenvalue weighted by molar-refractivity contribution is -0.153. The molecule has 20 heavy (non-hydrogen) atoms. The number of carbonyl (C=O) groups excluding carboxylic acids is 1. The van der Waals surface area contributed by atoms with Crippen LogP contribution in [0.15, 0.2) is 0 Å². The lowest BCUT2D eigenvalue weighted by Crippen LogP contribution is -2.47. The smallest absolute Gasteiger partial charge is 0.308 e. The van der Waals surface area contributed by atoms with Crippen LogP contribution < -0.4 is 0 Å². The first-order chi connectivity index (χ1) is 9.61. The van der Waals surface area contributed by atoms with Gasteiger partial charge in [0, 0.05) is 13.1 Å². The van der Waals surface area contributed by atoms with Crippen molar-refractivity contribution in [3.05, 3.63) is 0 Å². The van der Waals surface area contributed by atoms with Gasteiger partial charge in [-0.3, -0.25) is 9.59 Å². The second-order valence-electron chi connectivity index (χ2n) is 5.90. The maximum absolute atomic E-state index is 12.5. The molecule has 0 bridgehead atoms. The number of rotatable bonds is 5. The van der Waals surface area contributed by atoms with E-state index in [0.29, 0.717) is 25.9 Å². The normalized spacial score (nSPS) is 25.6. The third-order valence-corrected chi connectivity index (χ3v) is 4.39. The van der Waals surface area contributed by atoms with E-state index >= 15 is 0 Å². The first-order valence-corrected chi connectivity index (χ1v) is 7.79. The number of hydrogen-bond donors (Lipinski definition) is 1. The topological polar surface area (TPSA) is 66.8 Å². The molecule has 1 heterocycles. The highest BCUT2D eigenvalue weighted by Gasteiger charge is 2.33. The number of ether oxygens (including phenoxy) is 1. The molecule has 1 amide bonds. The molecule has 0 radical (unpaired) electrons. The molecular formula is C15H25NO4. The van der Waals surface area contributed by atoms with E-state index in [1.54, 1.807) is 4.90 Å². The second-order valence-corrected chi connectivity index (χ2v) is 5.90. The monoisotopic (exact) mass is 283 g/mol. The zero-order chi connectivity index (χ0) is 14.5. The molecule has 5 heteroatoms. The number of carboxylic acids is 1. The number of carbonyl (C=O) groups is 2. The predicted octanol–water partition coefficient (Wildman–Crippen LogP) is 2.05. The van der Waals surface area contributed by atoms with E-state index in [1.165, 1.54) is 12.8 Å². The van der Waals surface area contributed by atoms with Gasteiger partial charge < -0.3 is 14.7 Å². The summed E-state index contributed by atoms with van der Waals surface area (Å²) in [5, 5.41) is 9.09. The molecule has 0 spiro atoms. The Balaban J connectivity index is 1.91. The maximum Gasteiger partial charge on any atom is 0.308 e. The fourth-order valence-corrected chi connectivity index (χ4v) is 3.17. The van der Waals surface area contributed by atoms with E-state index in [-0.39, 0.29) is 12.0 Å². The van der Waals surface area contributed by atoms with Crippen molar-refractivity contribution in [1.29, 1.82) is 0 Å². The van der Waals surface area contributed by atoms with Crippen molar-refractivity contribution in [2.45, 2.75) is 64.1 Å². The molecule has 0 unspecified atom stereocenters. The largest absolute Gasteiger partial charge is 0.481 e. The van der Waals surface area contributed by atoms with Crippen molar-refractivity contribution < 1.29 is 19.4 Å². The van der Waals surface area contributed by atoms with Gasteiger partial charge in [-0.25, -0.2) is 0 Å². The van der Waals surface area contributed by atoms with Crippen LogP contribution in [0.2, 0.25) is 0 Å². The van der Waals surface area contributed by atoms with Crippen molar-refractivity contribution in [2.75, 3.05) is 13.1 Å². The van der Waals surface area contributed by atoms with Crippen LogP contribution in [-0.4, -0.2) is 47.2 Å². The Morgan fingerprint density at radius 1 is 1.25 bits per heavy atom. The molecule has 2 rings (SSSR count). The van der Waals surface area contributed by atoms with Gasteiger partial charge in [0.15, 0.2) is 0 Å². The number of amides is 1. The van der Waals surface area contributed by atoms with Crippen LogP contribution in [0.4, 0.5) is 0 Å². The lowest BCUT2D eigenvalue weighted by Gasteiger charge is -2.33. The van der Waals surface area contributed by atoms with Crippen molar-refractivity contribution in [2.24, 2.45) is 5.92 Å². The number of aliphatic carboxylic acids is 1. The van der Waals surface area contributed by atoms with Gasteiger partial charge in [0.2, 0.25) is 0 Å². The van der Waals surface area contributed by atoms with E-state index in [2.05, 4.69) is 0 Å². The molecule has 0 aromatic rings. The third kappa shape index (κ3) is 3.72. The van der Waals surface area contributed by atoms with Crippen LogP contribution in [0.25, 0.3) is 0 Å². The van der Waals surface area contributed by atoms with Crippen molar-refractivity contribution in [1.82, 2.24) is 4.90 Å². The van der Waals surface area contributed by atoms with Gasteiger partial charge in [0.25, 0.3) is 5.91 Å². The zero-order valence-electron chi connectivity index (χ0n) is 12.2. The van der Waals surface area contributed by atoms with Gasteiger partial charge in [0.05, 0.1) is 12.0 Å². The maximum atomic E-state index is 12.5. The highest BCUT2D eigenvalue weighted by molar-refractivity contribution is 5.82. The first kappa shape index (κ1) is 15.3. The highest BCUT2D eigenvalue weighted by Crippen LogP contribution is 2.24. The van der Waals surface area contributed by atoms with E-state index in [9.17, 15) is 9.59 Å². The Hall–Kier alpha value is -1.10. The van der Waals surface area contributed by atoms with Crippen molar-refractivity contribution in [3.8, 4) is 0 Å². The molecule has 114 valence electrons. The quantitative estimate of drug-likeness (QED) is 0.838. The number of nitrogens with zero attached hydrogens (tertiary/aromatic N) is 1.